The van der Waals surface area contributed by atoms with E-state index in [0.29, 0.717) is 28.4 Å². The summed E-state index contributed by atoms with van der Waals surface area (Å²) in [6, 6.07) is 20.4. The van der Waals surface area contributed by atoms with Crippen LogP contribution in [-0.4, -0.2) is 24.6 Å². The van der Waals surface area contributed by atoms with Gasteiger partial charge >= 0.3 is 0 Å². The Bertz CT molecular complexity index is 1320. The third kappa shape index (κ3) is 5.52. The average Bonchev–Trinajstić information content (AvgIpc) is 3.55. The van der Waals surface area contributed by atoms with Gasteiger partial charge in [-0.3, -0.25) is 9.59 Å². The molecule has 2 aliphatic rings. The second-order valence-electron chi connectivity index (χ2n) is 8.45. The highest BCUT2D eigenvalue weighted by Gasteiger charge is 2.26. The van der Waals surface area contributed by atoms with Crippen molar-refractivity contribution >= 4 is 40.9 Å². The van der Waals surface area contributed by atoms with Crippen LogP contribution >= 0.6 is 0 Å². The van der Waals surface area contributed by atoms with E-state index in [1.54, 1.807) is 18.2 Å². The van der Waals surface area contributed by atoms with Gasteiger partial charge in [0.05, 0.1) is 11.4 Å². The highest BCUT2D eigenvalue weighted by Crippen LogP contribution is 2.35. The van der Waals surface area contributed by atoms with Crippen LogP contribution in [0.5, 0.6) is 11.5 Å². The number of benzene rings is 3. The predicted molar refractivity (Wildman–Crippen MR) is 137 cm³/mol. The molecule has 0 aromatic heterocycles. The monoisotopic (exact) mass is 467 g/mol. The first-order chi connectivity index (χ1) is 17.0. The molecule has 1 aliphatic carbocycles. The fraction of sp³-hybridized carbons (Fsp3) is 0.143. The standard InChI is InChI=1S/C28H25N3O4/c29-23-3-1-2-4-24(23)31-27(32)14-9-18-5-7-19(8-6-18)15-22(28(33)30-21-11-12-21)20-10-13-25-26(16-20)35-17-34-25/h1-10,13-16,21H,11-12,17,29H2,(H,30,33)(H,31,32)/b14-9+,22-15?. The second kappa shape index (κ2) is 9.77. The number of para-hydroxylation sites is 2. The summed E-state index contributed by atoms with van der Waals surface area (Å²) in [5.41, 5.74) is 9.97. The van der Waals surface area contributed by atoms with Crippen molar-refractivity contribution in [2.24, 2.45) is 0 Å². The van der Waals surface area contributed by atoms with Crippen LogP contribution in [0.1, 0.15) is 29.5 Å². The highest BCUT2D eigenvalue weighted by atomic mass is 16.7. The van der Waals surface area contributed by atoms with Gasteiger partial charge in [0.1, 0.15) is 0 Å². The molecule has 3 aromatic carbocycles. The van der Waals surface area contributed by atoms with E-state index in [9.17, 15) is 9.59 Å². The Hall–Kier alpha value is -4.52. The fourth-order valence-corrected chi connectivity index (χ4v) is 3.66. The molecule has 3 aromatic rings. The molecule has 2 amide bonds. The Morgan fingerprint density at radius 1 is 0.914 bits per heavy atom. The molecular weight excluding hydrogens is 442 g/mol. The van der Waals surface area contributed by atoms with Crippen molar-refractivity contribution in [3.8, 4) is 11.5 Å². The molecule has 0 radical (unpaired) electrons. The van der Waals surface area contributed by atoms with E-state index < -0.39 is 0 Å². The van der Waals surface area contributed by atoms with Crippen molar-refractivity contribution < 1.29 is 19.1 Å². The zero-order chi connectivity index (χ0) is 24.2. The molecule has 1 saturated carbocycles. The van der Waals surface area contributed by atoms with E-state index in [4.69, 9.17) is 15.2 Å². The lowest BCUT2D eigenvalue weighted by Crippen LogP contribution is -2.26. The maximum atomic E-state index is 13.0. The third-order valence-electron chi connectivity index (χ3n) is 5.73. The van der Waals surface area contributed by atoms with Crippen molar-refractivity contribution in [3.63, 3.8) is 0 Å². The SMILES string of the molecule is Nc1ccccc1NC(=O)/C=C/c1ccc(C=C(C(=O)NC2CC2)c2ccc3c(c2)OCO3)cc1. The van der Waals surface area contributed by atoms with Gasteiger partial charge in [-0.15, -0.1) is 0 Å². The number of nitrogens with one attached hydrogen (secondary N) is 2. The second-order valence-corrected chi connectivity index (χ2v) is 8.45. The Labute approximate surface area is 203 Å². The molecule has 0 bridgehead atoms. The molecule has 0 atom stereocenters. The van der Waals surface area contributed by atoms with Gasteiger partial charge in [-0.05, 0) is 65.9 Å². The van der Waals surface area contributed by atoms with E-state index in [0.717, 1.165) is 29.5 Å². The molecule has 176 valence electrons. The van der Waals surface area contributed by atoms with Gasteiger partial charge < -0.3 is 25.8 Å². The molecule has 7 nitrogen and oxygen atoms in total. The van der Waals surface area contributed by atoms with Crippen molar-refractivity contribution in [2.75, 3.05) is 17.8 Å². The van der Waals surface area contributed by atoms with Crippen LogP contribution in [0.15, 0.2) is 72.8 Å². The van der Waals surface area contributed by atoms with Crippen LogP contribution in [0.25, 0.3) is 17.7 Å². The lowest BCUT2D eigenvalue weighted by atomic mass is 10.0. The first-order valence-electron chi connectivity index (χ1n) is 11.4. The number of hydrogen-bond acceptors (Lipinski definition) is 5. The number of nitrogens with two attached hydrogens (primary N) is 1. The van der Waals surface area contributed by atoms with Crippen molar-refractivity contribution in [2.45, 2.75) is 18.9 Å². The highest BCUT2D eigenvalue weighted by molar-refractivity contribution is 6.24. The average molecular weight is 468 g/mol. The van der Waals surface area contributed by atoms with Gasteiger partial charge in [0.25, 0.3) is 5.91 Å². The molecule has 1 aliphatic heterocycles. The van der Waals surface area contributed by atoms with E-state index in [1.165, 1.54) is 6.08 Å². The predicted octanol–water partition coefficient (Wildman–Crippen LogP) is 4.47. The van der Waals surface area contributed by atoms with Crippen LogP contribution in [0.2, 0.25) is 0 Å². The van der Waals surface area contributed by atoms with E-state index >= 15 is 0 Å². The number of hydrogen-bond donors (Lipinski definition) is 3. The number of nitrogen functional groups attached to an aromatic ring is 1. The van der Waals surface area contributed by atoms with Gasteiger partial charge in [0.15, 0.2) is 11.5 Å². The first kappa shape index (κ1) is 22.3. The van der Waals surface area contributed by atoms with Gasteiger partial charge in [0, 0.05) is 17.7 Å². The van der Waals surface area contributed by atoms with Crippen molar-refractivity contribution in [1.82, 2.24) is 5.32 Å². The van der Waals surface area contributed by atoms with Crippen LogP contribution in [0, 0.1) is 0 Å². The maximum Gasteiger partial charge on any atom is 0.252 e. The lowest BCUT2D eigenvalue weighted by molar-refractivity contribution is -0.115. The van der Waals surface area contributed by atoms with E-state index in [2.05, 4.69) is 10.6 Å². The summed E-state index contributed by atoms with van der Waals surface area (Å²) in [4.78, 5) is 25.2. The Balaban J connectivity index is 1.32. The maximum absolute atomic E-state index is 13.0. The van der Waals surface area contributed by atoms with Gasteiger partial charge in [0.2, 0.25) is 12.7 Å². The minimum Gasteiger partial charge on any atom is -0.454 e. The lowest BCUT2D eigenvalue weighted by Gasteiger charge is -2.10. The summed E-state index contributed by atoms with van der Waals surface area (Å²) in [7, 11) is 0. The molecule has 7 heteroatoms. The van der Waals surface area contributed by atoms with Crippen molar-refractivity contribution in [1.29, 1.82) is 0 Å². The van der Waals surface area contributed by atoms with Gasteiger partial charge in [-0.2, -0.15) is 0 Å². The number of ether oxygens (including phenoxy) is 2. The fourth-order valence-electron chi connectivity index (χ4n) is 3.66. The van der Waals surface area contributed by atoms with Crippen LogP contribution in [-0.2, 0) is 9.59 Å². The third-order valence-corrected chi connectivity index (χ3v) is 5.73. The Morgan fingerprint density at radius 3 is 2.43 bits per heavy atom. The Kier molecular flexibility index (Phi) is 6.22. The zero-order valence-electron chi connectivity index (χ0n) is 19.0. The Morgan fingerprint density at radius 2 is 1.66 bits per heavy atom. The molecule has 0 saturated heterocycles. The van der Waals surface area contributed by atoms with Crippen LogP contribution in [0.3, 0.4) is 0 Å². The topological polar surface area (TPSA) is 103 Å². The van der Waals surface area contributed by atoms with Gasteiger partial charge in [-0.1, -0.05) is 42.5 Å². The molecule has 35 heavy (non-hydrogen) atoms. The van der Waals surface area contributed by atoms with E-state index in [1.807, 2.05) is 60.7 Å². The summed E-state index contributed by atoms with van der Waals surface area (Å²) >= 11 is 0. The summed E-state index contributed by atoms with van der Waals surface area (Å²) in [5, 5.41) is 5.83. The molecule has 1 fully saturated rings. The normalized spacial score (nSPS) is 14.7. The summed E-state index contributed by atoms with van der Waals surface area (Å²) in [6.45, 7) is 0.178. The minimum atomic E-state index is -0.270. The van der Waals surface area contributed by atoms with E-state index in [-0.39, 0.29) is 24.6 Å². The largest absolute Gasteiger partial charge is 0.454 e. The summed E-state index contributed by atoms with van der Waals surface area (Å²) in [5.74, 6) is 0.912. The quantitative estimate of drug-likeness (QED) is 0.270. The number of rotatable bonds is 7. The smallest absolute Gasteiger partial charge is 0.252 e. The molecule has 5 rings (SSSR count). The first-order valence-corrected chi connectivity index (χ1v) is 11.4. The van der Waals surface area contributed by atoms with Crippen LogP contribution in [0.4, 0.5) is 11.4 Å². The van der Waals surface area contributed by atoms with Crippen LogP contribution < -0.4 is 25.8 Å². The summed E-state index contributed by atoms with van der Waals surface area (Å²) < 4.78 is 10.9. The van der Waals surface area contributed by atoms with Crippen molar-refractivity contribution in [3.05, 3.63) is 89.5 Å². The number of anilines is 2. The summed E-state index contributed by atoms with van der Waals surface area (Å²) in [6.07, 6.45) is 7.05. The molecule has 0 unspecified atom stereocenters. The number of carbonyl (C=O) groups excluding carboxylic acids is 2. The zero-order valence-corrected chi connectivity index (χ0v) is 19.0. The number of fused-ring (bicyclic) bond motifs is 1. The molecule has 4 N–H and O–H groups in total. The number of carbonyl (C=O) groups is 2. The molecular formula is C28H25N3O4. The number of amides is 2. The molecule has 1 heterocycles. The van der Waals surface area contributed by atoms with Gasteiger partial charge in [-0.25, -0.2) is 0 Å². The minimum absolute atomic E-state index is 0.118. The molecule has 0 spiro atoms.